The summed E-state index contributed by atoms with van der Waals surface area (Å²) in [5, 5.41) is 1.33. The van der Waals surface area contributed by atoms with E-state index >= 15 is 0 Å². The van der Waals surface area contributed by atoms with Gasteiger partial charge in [0.05, 0.1) is 38.4 Å². The van der Waals surface area contributed by atoms with Gasteiger partial charge in [0.2, 0.25) is 0 Å². The first-order valence-corrected chi connectivity index (χ1v) is 11.0. The SMILES string of the molecule is C[C@@H]1CCc2c(sc3nc(CN4CCOCC4)nc(N4CCOCC4)c23)C1. The molecule has 0 aromatic carbocycles. The summed E-state index contributed by atoms with van der Waals surface area (Å²) in [6.07, 6.45) is 3.63. The van der Waals surface area contributed by atoms with Crippen molar-refractivity contribution >= 4 is 27.4 Å². The van der Waals surface area contributed by atoms with Gasteiger partial charge < -0.3 is 14.4 Å². The summed E-state index contributed by atoms with van der Waals surface area (Å²) in [5.74, 6) is 2.88. The molecule has 2 aromatic rings. The topological polar surface area (TPSA) is 50.7 Å². The van der Waals surface area contributed by atoms with E-state index in [1.807, 2.05) is 11.3 Å². The molecule has 7 heteroatoms. The number of hydrogen-bond acceptors (Lipinski definition) is 7. The molecule has 0 saturated carbocycles. The van der Waals surface area contributed by atoms with E-state index in [1.165, 1.54) is 39.9 Å². The van der Waals surface area contributed by atoms with E-state index in [2.05, 4.69) is 16.7 Å². The quantitative estimate of drug-likeness (QED) is 0.805. The Bertz CT molecular complexity index is 812. The molecule has 2 fully saturated rings. The van der Waals surface area contributed by atoms with E-state index in [4.69, 9.17) is 19.4 Å². The number of aryl methyl sites for hydroxylation is 1. The second kappa shape index (κ2) is 7.62. The van der Waals surface area contributed by atoms with Crippen molar-refractivity contribution in [2.45, 2.75) is 32.7 Å². The second-order valence-electron chi connectivity index (χ2n) is 7.98. The smallest absolute Gasteiger partial charge is 0.146 e. The van der Waals surface area contributed by atoms with Crippen LogP contribution in [0.2, 0.25) is 0 Å². The third-order valence-corrected chi connectivity index (χ3v) is 7.11. The van der Waals surface area contributed by atoms with Crippen molar-refractivity contribution in [1.29, 1.82) is 0 Å². The molecule has 27 heavy (non-hydrogen) atoms. The van der Waals surface area contributed by atoms with E-state index in [1.54, 1.807) is 0 Å². The molecule has 0 spiro atoms. The lowest BCUT2D eigenvalue weighted by atomic mass is 9.89. The third-order valence-electron chi connectivity index (χ3n) is 5.96. The van der Waals surface area contributed by atoms with Crippen molar-refractivity contribution in [3.05, 3.63) is 16.3 Å². The van der Waals surface area contributed by atoms with Gasteiger partial charge in [0.15, 0.2) is 0 Å². The molecule has 3 aliphatic rings. The summed E-state index contributed by atoms with van der Waals surface area (Å²) in [6.45, 7) is 10.1. The van der Waals surface area contributed by atoms with Gasteiger partial charge >= 0.3 is 0 Å². The molecule has 0 unspecified atom stereocenters. The van der Waals surface area contributed by atoms with Gasteiger partial charge in [0.25, 0.3) is 0 Å². The van der Waals surface area contributed by atoms with Crippen molar-refractivity contribution in [3.8, 4) is 0 Å². The van der Waals surface area contributed by atoms with E-state index in [-0.39, 0.29) is 0 Å². The van der Waals surface area contributed by atoms with Gasteiger partial charge in [-0.15, -0.1) is 11.3 Å². The number of anilines is 1. The Labute approximate surface area is 164 Å². The maximum Gasteiger partial charge on any atom is 0.146 e. The number of ether oxygens (including phenoxy) is 2. The maximum absolute atomic E-state index is 5.59. The molecule has 6 nitrogen and oxygen atoms in total. The second-order valence-corrected chi connectivity index (χ2v) is 9.07. The Kier molecular flexibility index (Phi) is 5.02. The average molecular weight is 389 g/mol. The van der Waals surface area contributed by atoms with E-state index in [9.17, 15) is 0 Å². The van der Waals surface area contributed by atoms with Crippen LogP contribution in [0, 0.1) is 5.92 Å². The van der Waals surface area contributed by atoms with Crippen LogP contribution in [-0.2, 0) is 28.9 Å². The highest BCUT2D eigenvalue weighted by Crippen LogP contribution is 2.41. The first-order valence-electron chi connectivity index (χ1n) is 10.2. The Morgan fingerprint density at radius 2 is 1.78 bits per heavy atom. The van der Waals surface area contributed by atoms with Crippen molar-refractivity contribution in [3.63, 3.8) is 0 Å². The van der Waals surface area contributed by atoms with Crippen LogP contribution in [0.1, 0.15) is 29.6 Å². The van der Waals surface area contributed by atoms with E-state index in [0.717, 1.165) is 76.7 Å². The van der Waals surface area contributed by atoms with Crippen LogP contribution < -0.4 is 4.90 Å². The molecule has 5 rings (SSSR count). The van der Waals surface area contributed by atoms with Crippen LogP contribution in [0.25, 0.3) is 10.2 Å². The number of morpholine rings is 2. The number of aromatic nitrogens is 2. The zero-order valence-corrected chi connectivity index (χ0v) is 16.9. The van der Waals surface area contributed by atoms with Crippen molar-refractivity contribution in [2.24, 2.45) is 5.92 Å². The molecule has 1 aliphatic carbocycles. The monoisotopic (exact) mass is 388 g/mol. The van der Waals surface area contributed by atoms with Gasteiger partial charge in [-0.25, -0.2) is 9.97 Å². The molecule has 2 saturated heterocycles. The summed E-state index contributed by atoms with van der Waals surface area (Å²) >= 11 is 1.91. The third kappa shape index (κ3) is 3.58. The molecule has 0 N–H and O–H groups in total. The molecule has 1 atom stereocenters. The summed E-state index contributed by atoms with van der Waals surface area (Å²) in [6, 6.07) is 0. The van der Waals surface area contributed by atoms with Crippen molar-refractivity contribution in [1.82, 2.24) is 14.9 Å². The Morgan fingerprint density at radius 1 is 1.04 bits per heavy atom. The van der Waals surface area contributed by atoms with Gasteiger partial charge in [-0.05, 0) is 30.7 Å². The zero-order chi connectivity index (χ0) is 18.2. The Hall–Kier alpha value is -1.28. The summed E-state index contributed by atoms with van der Waals surface area (Å²) in [4.78, 5) is 17.7. The summed E-state index contributed by atoms with van der Waals surface area (Å²) < 4.78 is 11.1. The van der Waals surface area contributed by atoms with Crippen LogP contribution >= 0.6 is 11.3 Å². The number of fused-ring (bicyclic) bond motifs is 3. The normalized spacial score (nSPS) is 24.3. The summed E-state index contributed by atoms with van der Waals surface area (Å²) in [5.41, 5.74) is 1.52. The van der Waals surface area contributed by atoms with Gasteiger partial charge in [0.1, 0.15) is 16.5 Å². The van der Waals surface area contributed by atoms with Crippen LogP contribution in [0.4, 0.5) is 5.82 Å². The fourth-order valence-electron chi connectivity index (χ4n) is 4.40. The van der Waals surface area contributed by atoms with E-state index < -0.39 is 0 Å². The first kappa shape index (κ1) is 17.8. The highest BCUT2D eigenvalue weighted by molar-refractivity contribution is 7.19. The number of hydrogen-bond donors (Lipinski definition) is 0. The molecule has 2 aliphatic heterocycles. The average Bonchev–Trinajstić information content (AvgIpc) is 3.06. The minimum absolute atomic E-state index is 0.776. The minimum Gasteiger partial charge on any atom is -0.379 e. The van der Waals surface area contributed by atoms with Gasteiger partial charge in [-0.1, -0.05) is 6.92 Å². The zero-order valence-electron chi connectivity index (χ0n) is 16.1. The van der Waals surface area contributed by atoms with Crippen LogP contribution in [0.3, 0.4) is 0 Å². The fourth-order valence-corrected chi connectivity index (χ4v) is 5.80. The molecule has 0 amide bonds. The lowest BCUT2D eigenvalue weighted by Gasteiger charge is -2.30. The molecule has 2 aromatic heterocycles. The highest BCUT2D eigenvalue weighted by atomic mass is 32.1. The van der Waals surface area contributed by atoms with E-state index in [0.29, 0.717) is 0 Å². The highest BCUT2D eigenvalue weighted by Gasteiger charge is 2.27. The molecule has 146 valence electrons. The number of nitrogens with zero attached hydrogens (tertiary/aromatic N) is 4. The van der Waals surface area contributed by atoms with Crippen LogP contribution in [0.15, 0.2) is 0 Å². The minimum atomic E-state index is 0.776. The van der Waals surface area contributed by atoms with Gasteiger partial charge in [0, 0.05) is 31.1 Å². The molecular weight excluding hydrogens is 360 g/mol. The Morgan fingerprint density at radius 3 is 2.56 bits per heavy atom. The van der Waals surface area contributed by atoms with Gasteiger partial charge in [-0.2, -0.15) is 0 Å². The van der Waals surface area contributed by atoms with Crippen molar-refractivity contribution < 1.29 is 9.47 Å². The fraction of sp³-hybridized carbons (Fsp3) is 0.700. The largest absolute Gasteiger partial charge is 0.379 e. The Balaban J connectivity index is 1.56. The van der Waals surface area contributed by atoms with Crippen LogP contribution in [0.5, 0.6) is 0 Å². The number of rotatable bonds is 3. The molecule has 0 radical (unpaired) electrons. The van der Waals surface area contributed by atoms with Gasteiger partial charge in [-0.3, -0.25) is 4.90 Å². The first-order chi connectivity index (χ1) is 13.3. The summed E-state index contributed by atoms with van der Waals surface area (Å²) in [7, 11) is 0. The molecule has 4 heterocycles. The predicted molar refractivity (Wildman–Crippen MR) is 108 cm³/mol. The molecule has 0 bridgehead atoms. The maximum atomic E-state index is 5.59. The van der Waals surface area contributed by atoms with Crippen LogP contribution in [-0.4, -0.2) is 67.5 Å². The standard InChI is InChI=1S/C20H28N4O2S/c1-14-2-3-15-16(12-14)27-20-18(15)19(24-6-10-26-11-7-24)21-17(22-20)13-23-4-8-25-9-5-23/h14H,2-13H2,1H3/t14-/m1/s1. The predicted octanol–water partition coefficient (Wildman–Crippen LogP) is 2.48. The molecular formula is C20H28N4O2S. The van der Waals surface area contributed by atoms with Crippen molar-refractivity contribution in [2.75, 3.05) is 57.5 Å². The number of thiophene rings is 1. The lowest BCUT2D eigenvalue weighted by Crippen LogP contribution is -2.38. The lowest BCUT2D eigenvalue weighted by molar-refractivity contribution is 0.0331.